The average Bonchev–Trinajstić information content (AvgIpc) is 1.94. The second-order valence-corrected chi connectivity index (χ2v) is 4.84. The second kappa shape index (κ2) is 2.12. The summed E-state index contributed by atoms with van der Waals surface area (Å²) in [5, 5.41) is 0. The number of halogens is 3. The summed E-state index contributed by atoms with van der Waals surface area (Å²) in [5.41, 5.74) is -5.59. The van der Waals surface area contributed by atoms with Crippen LogP contribution in [0.15, 0.2) is 0 Å². The van der Waals surface area contributed by atoms with E-state index < -0.39 is 32.9 Å². The fraction of sp³-hybridized carbons (Fsp3) is 1.00. The maximum absolute atomic E-state index is 12.8. The molecule has 0 aliphatic carbocycles. The Kier molecular flexibility index (Phi) is 1.70. The largest absolute Gasteiger partial charge is 0.243 e. The van der Waals surface area contributed by atoms with Gasteiger partial charge < -0.3 is 0 Å². The highest BCUT2D eigenvalue weighted by Crippen LogP contribution is 2.37. The van der Waals surface area contributed by atoms with Gasteiger partial charge in [-0.2, -0.15) is 0 Å². The van der Waals surface area contributed by atoms with E-state index >= 15 is 0 Å². The van der Waals surface area contributed by atoms with E-state index in [-0.39, 0.29) is 0 Å². The molecular formula is C5H7F3O2S. The van der Waals surface area contributed by atoms with E-state index in [0.29, 0.717) is 6.92 Å². The van der Waals surface area contributed by atoms with Crippen molar-refractivity contribution < 1.29 is 21.6 Å². The van der Waals surface area contributed by atoms with E-state index in [4.69, 9.17) is 0 Å². The minimum atomic E-state index is -4.20. The summed E-state index contributed by atoms with van der Waals surface area (Å²) in [6.45, 7) is 0.618. The third kappa shape index (κ3) is 1.13. The first-order chi connectivity index (χ1) is 4.78. The fourth-order valence-corrected chi connectivity index (χ4v) is 2.70. The van der Waals surface area contributed by atoms with Crippen LogP contribution in [0.25, 0.3) is 0 Å². The molecule has 11 heavy (non-hydrogen) atoms. The monoisotopic (exact) mass is 188 g/mol. The Bertz CT molecular complexity index is 259. The van der Waals surface area contributed by atoms with E-state index in [2.05, 4.69) is 0 Å². The van der Waals surface area contributed by atoms with Gasteiger partial charge in [0.25, 0.3) is 0 Å². The highest BCUT2D eigenvalue weighted by molar-refractivity contribution is 7.92. The van der Waals surface area contributed by atoms with Crippen LogP contribution in [0.4, 0.5) is 13.2 Å². The van der Waals surface area contributed by atoms with Gasteiger partial charge in [-0.05, 0) is 6.92 Å². The van der Waals surface area contributed by atoms with Gasteiger partial charge in [-0.3, -0.25) is 0 Å². The molecule has 0 aromatic heterocycles. The van der Waals surface area contributed by atoms with Crippen LogP contribution >= 0.6 is 0 Å². The highest BCUT2D eigenvalue weighted by Gasteiger charge is 2.58. The lowest BCUT2D eigenvalue weighted by molar-refractivity contribution is 0.0512. The van der Waals surface area contributed by atoms with Crippen LogP contribution in [-0.4, -0.2) is 31.5 Å². The first-order valence-electron chi connectivity index (χ1n) is 2.97. The van der Waals surface area contributed by atoms with Crippen LogP contribution in [0.3, 0.4) is 0 Å². The van der Waals surface area contributed by atoms with Crippen molar-refractivity contribution in [2.24, 2.45) is 0 Å². The molecule has 1 heterocycles. The molecule has 1 fully saturated rings. The van der Waals surface area contributed by atoms with Crippen LogP contribution in [0.5, 0.6) is 0 Å². The van der Waals surface area contributed by atoms with Crippen molar-refractivity contribution in [1.82, 2.24) is 0 Å². The minimum absolute atomic E-state index is 0.618. The molecule has 6 heteroatoms. The van der Waals surface area contributed by atoms with Crippen molar-refractivity contribution in [3.05, 3.63) is 0 Å². The molecule has 1 aliphatic heterocycles. The Labute approximate surface area is 62.3 Å². The molecule has 0 aromatic carbocycles. The summed E-state index contributed by atoms with van der Waals surface area (Å²) in [7, 11) is -4.20. The van der Waals surface area contributed by atoms with Crippen LogP contribution in [0, 0.1) is 0 Å². The summed E-state index contributed by atoms with van der Waals surface area (Å²) >= 11 is 0. The van der Waals surface area contributed by atoms with Gasteiger partial charge in [0, 0.05) is 0 Å². The molecule has 3 unspecified atom stereocenters. The molecule has 1 aliphatic rings. The summed E-state index contributed by atoms with van der Waals surface area (Å²) in [4.78, 5) is 0. The summed E-state index contributed by atoms with van der Waals surface area (Å²) in [5.74, 6) is -1.05. The van der Waals surface area contributed by atoms with Crippen LogP contribution < -0.4 is 0 Å². The zero-order chi connectivity index (χ0) is 8.86. The van der Waals surface area contributed by atoms with Crippen molar-refractivity contribution >= 4 is 9.84 Å². The first-order valence-corrected chi connectivity index (χ1v) is 4.68. The van der Waals surface area contributed by atoms with Gasteiger partial charge in [-0.1, -0.05) is 0 Å². The zero-order valence-electron chi connectivity index (χ0n) is 5.72. The van der Waals surface area contributed by atoms with Gasteiger partial charge in [0.1, 0.15) is 0 Å². The standard InChI is InChI=1S/C5H7F3O2S/c1-5(8)3(6)2-11(9,10)4(5)7/h3-4H,2H2,1H3. The molecule has 0 amide bonds. The lowest BCUT2D eigenvalue weighted by atomic mass is 10.1. The van der Waals surface area contributed by atoms with Crippen LogP contribution in [0.2, 0.25) is 0 Å². The van der Waals surface area contributed by atoms with E-state index in [1.54, 1.807) is 0 Å². The van der Waals surface area contributed by atoms with E-state index in [9.17, 15) is 21.6 Å². The van der Waals surface area contributed by atoms with Gasteiger partial charge in [0.05, 0.1) is 5.75 Å². The first kappa shape index (κ1) is 8.83. The average molecular weight is 188 g/mol. The maximum atomic E-state index is 12.8. The van der Waals surface area contributed by atoms with Gasteiger partial charge in [0.15, 0.2) is 21.7 Å². The van der Waals surface area contributed by atoms with Crippen molar-refractivity contribution in [1.29, 1.82) is 0 Å². The molecule has 0 aromatic rings. The van der Waals surface area contributed by atoms with Gasteiger partial charge in [-0.15, -0.1) is 0 Å². The number of hydrogen-bond acceptors (Lipinski definition) is 2. The molecule has 66 valence electrons. The number of hydrogen-bond donors (Lipinski definition) is 0. The van der Waals surface area contributed by atoms with Gasteiger partial charge in [-0.25, -0.2) is 21.6 Å². The van der Waals surface area contributed by atoms with Crippen molar-refractivity contribution in [3.8, 4) is 0 Å². The summed E-state index contributed by atoms with van der Waals surface area (Å²) in [6, 6.07) is 0. The number of alkyl halides is 3. The van der Waals surface area contributed by atoms with Gasteiger partial charge in [0.2, 0.25) is 5.50 Å². The quantitative estimate of drug-likeness (QED) is 0.563. The minimum Gasteiger partial charge on any atom is -0.243 e. The van der Waals surface area contributed by atoms with Crippen molar-refractivity contribution in [3.63, 3.8) is 0 Å². The SMILES string of the molecule is CC1(F)C(F)CS(=O)(=O)C1F. The highest BCUT2D eigenvalue weighted by atomic mass is 32.2. The number of sulfone groups is 1. The second-order valence-electron chi connectivity index (χ2n) is 2.76. The van der Waals surface area contributed by atoms with Crippen LogP contribution in [-0.2, 0) is 9.84 Å². The third-order valence-electron chi connectivity index (χ3n) is 1.75. The Morgan fingerprint density at radius 1 is 1.45 bits per heavy atom. The lowest BCUT2D eigenvalue weighted by Crippen LogP contribution is -2.35. The molecule has 0 bridgehead atoms. The molecule has 0 saturated carbocycles. The molecule has 1 rings (SSSR count). The molecule has 3 atom stereocenters. The normalized spacial score (nSPS) is 49.5. The van der Waals surface area contributed by atoms with Gasteiger partial charge >= 0.3 is 0 Å². The van der Waals surface area contributed by atoms with Crippen LogP contribution in [0.1, 0.15) is 6.92 Å². The van der Waals surface area contributed by atoms with Crippen molar-refractivity contribution in [2.45, 2.75) is 24.3 Å². The van der Waals surface area contributed by atoms with E-state index in [1.165, 1.54) is 0 Å². The fourth-order valence-electron chi connectivity index (χ4n) is 0.945. The molecular weight excluding hydrogens is 181 g/mol. The maximum Gasteiger partial charge on any atom is 0.237 e. The molecule has 1 saturated heterocycles. The topological polar surface area (TPSA) is 34.1 Å². The molecule has 0 N–H and O–H groups in total. The predicted octanol–water partition coefficient (Wildman–Crippen LogP) is 0.777. The molecule has 0 radical (unpaired) electrons. The smallest absolute Gasteiger partial charge is 0.237 e. The zero-order valence-corrected chi connectivity index (χ0v) is 6.54. The third-order valence-corrected chi connectivity index (χ3v) is 3.60. The molecule has 2 nitrogen and oxygen atoms in total. The summed E-state index contributed by atoms with van der Waals surface area (Å²) < 4.78 is 58.8. The predicted molar refractivity (Wildman–Crippen MR) is 33.1 cm³/mol. The Morgan fingerprint density at radius 2 is 1.91 bits per heavy atom. The van der Waals surface area contributed by atoms with E-state index in [0.717, 1.165) is 0 Å². The molecule has 0 spiro atoms. The van der Waals surface area contributed by atoms with E-state index in [1.807, 2.05) is 0 Å². The lowest BCUT2D eigenvalue weighted by Gasteiger charge is -2.15. The Hall–Kier alpha value is -0.260. The number of rotatable bonds is 0. The Balaban J connectivity index is 3.09. The van der Waals surface area contributed by atoms with Crippen molar-refractivity contribution in [2.75, 3.05) is 5.75 Å². The Morgan fingerprint density at radius 3 is 2.00 bits per heavy atom. The summed E-state index contributed by atoms with van der Waals surface area (Å²) in [6.07, 6.45) is -2.25.